The fourth-order valence-corrected chi connectivity index (χ4v) is 3.37. The van der Waals surface area contributed by atoms with Crippen LogP contribution in [-0.2, 0) is 11.0 Å². The van der Waals surface area contributed by atoms with Gasteiger partial charge in [0.2, 0.25) is 6.79 Å². The average molecular weight is 419 g/mol. The zero-order chi connectivity index (χ0) is 21.5. The molecule has 0 saturated carbocycles. The van der Waals surface area contributed by atoms with Crippen LogP contribution >= 0.6 is 0 Å². The maximum Gasteiger partial charge on any atom is 0.418 e. The molecule has 7 nitrogen and oxygen atoms in total. The smallest absolute Gasteiger partial charge is 0.418 e. The summed E-state index contributed by atoms with van der Waals surface area (Å²) in [5, 5.41) is 7.43. The van der Waals surface area contributed by atoms with Gasteiger partial charge < -0.3 is 25.4 Å². The predicted molar refractivity (Wildman–Crippen MR) is 99.7 cm³/mol. The fraction of sp³-hybridized carbons (Fsp3) is 0.200. The Hall–Kier alpha value is -3.69. The second-order valence-corrected chi connectivity index (χ2v) is 6.68. The lowest BCUT2D eigenvalue weighted by atomic mass is 9.94. The van der Waals surface area contributed by atoms with Crippen LogP contribution in [0.15, 0.2) is 53.7 Å². The SMILES string of the molecule is CC1=C(C(=O)Nc2ccccc2C(F)(F)F)[C@@H](c2ccc3c(c2)OCO3)NC(=O)N1. The molecule has 2 aliphatic heterocycles. The number of carbonyl (C=O) groups excluding carboxylic acids is 2. The molecule has 0 radical (unpaired) electrons. The summed E-state index contributed by atoms with van der Waals surface area (Å²) in [6, 6.07) is 8.14. The molecule has 2 aromatic carbocycles. The normalized spacial score (nSPS) is 18.0. The summed E-state index contributed by atoms with van der Waals surface area (Å²) in [7, 11) is 0. The van der Waals surface area contributed by atoms with Crippen molar-refractivity contribution in [2.24, 2.45) is 0 Å². The van der Waals surface area contributed by atoms with Crippen LogP contribution in [0.4, 0.5) is 23.7 Å². The minimum Gasteiger partial charge on any atom is -0.454 e. The number of urea groups is 1. The van der Waals surface area contributed by atoms with Gasteiger partial charge in [0.1, 0.15) is 0 Å². The third-order valence-corrected chi connectivity index (χ3v) is 4.72. The van der Waals surface area contributed by atoms with Crippen LogP contribution in [0.1, 0.15) is 24.1 Å². The first-order valence-corrected chi connectivity index (χ1v) is 8.89. The third-order valence-electron chi connectivity index (χ3n) is 4.72. The number of allylic oxidation sites excluding steroid dienone is 1. The lowest BCUT2D eigenvalue weighted by Gasteiger charge is -2.29. The van der Waals surface area contributed by atoms with Gasteiger partial charge in [-0.1, -0.05) is 18.2 Å². The zero-order valence-electron chi connectivity index (χ0n) is 15.6. The van der Waals surface area contributed by atoms with Gasteiger partial charge in [-0.3, -0.25) is 4.79 Å². The molecule has 0 unspecified atom stereocenters. The highest BCUT2D eigenvalue weighted by Crippen LogP contribution is 2.38. The van der Waals surface area contributed by atoms with Gasteiger partial charge in [-0.25, -0.2) is 4.79 Å². The lowest BCUT2D eigenvalue weighted by Crippen LogP contribution is -2.46. The van der Waals surface area contributed by atoms with Crippen LogP contribution < -0.4 is 25.4 Å². The maximum absolute atomic E-state index is 13.3. The van der Waals surface area contributed by atoms with Crippen LogP contribution in [0.3, 0.4) is 0 Å². The summed E-state index contributed by atoms with van der Waals surface area (Å²) in [4.78, 5) is 25.0. The number of anilines is 1. The van der Waals surface area contributed by atoms with Gasteiger partial charge in [-0.05, 0) is 36.8 Å². The molecule has 156 valence electrons. The highest BCUT2D eigenvalue weighted by Gasteiger charge is 2.36. The van der Waals surface area contributed by atoms with Crippen molar-refractivity contribution in [3.8, 4) is 11.5 Å². The van der Waals surface area contributed by atoms with E-state index >= 15 is 0 Å². The summed E-state index contributed by atoms with van der Waals surface area (Å²) < 4.78 is 50.4. The first-order valence-electron chi connectivity index (χ1n) is 8.89. The summed E-state index contributed by atoms with van der Waals surface area (Å²) in [5.74, 6) is 0.185. The molecule has 1 atom stereocenters. The highest BCUT2D eigenvalue weighted by molar-refractivity contribution is 6.07. The van der Waals surface area contributed by atoms with Gasteiger partial charge >= 0.3 is 12.2 Å². The predicted octanol–water partition coefficient (Wildman–Crippen LogP) is 3.70. The Morgan fingerprint density at radius 1 is 1.13 bits per heavy atom. The van der Waals surface area contributed by atoms with E-state index in [9.17, 15) is 22.8 Å². The number of ether oxygens (including phenoxy) is 2. The standard InChI is InChI=1S/C20H16F3N3O4/c1-10-16(18(27)25-13-5-3-2-4-12(13)20(21,22)23)17(26-19(28)24-10)11-6-7-14-15(8-11)30-9-29-14/h2-8,17H,9H2,1H3,(H,25,27)(H2,24,26,28)/t17-/m1/s1. The van der Waals surface area contributed by atoms with Crippen LogP contribution in [0, 0.1) is 0 Å². The van der Waals surface area contributed by atoms with Gasteiger partial charge in [0.15, 0.2) is 11.5 Å². The van der Waals surface area contributed by atoms with Gasteiger partial charge in [0.25, 0.3) is 5.91 Å². The molecule has 10 heteroatoms. The fourth-order valence-electron chi connectivity index (χ4n) is 3.37. The number of benzene rings is 2. The maximum atomic E-state index is 13.3. The van der Waals surface area contributed by atoms with Crippen molar-refractivity contribution in [3.05, 3.63) is 64.9 Å². The van der Waals surface area contributed by atoms with E-state index in [2.05, 4.69) is 16.0 Å². The van der Waals surface area contributed by atoms with Crippen LogP contribution in [-0.4, -0.2) is 18.7 Å². The van der Waals surface area contributed by atoms with E-state index in [0.29, 0.717) is 17.1 Å². The summed E-state index contributed by atoms with van der Waals surface area (Å²) in [5.41, 5.74) is -0.530. The third kappa shape index (κ3) is 3.63. The molecule has 0 aromatic heterocycles. The van der Waals surface area contributed by atoms with Crippen molar-refractivity contribution >= 4 is 17.6 Å². The minimum absolute atomic E-state index is 0.0494. The van der Waals surface area contributed by atoms with Crippen molar-refractivity contribution in [1.82, 2.24) is 10.6 Å². The second-order valence-electron chi connectivity index (χ2n) is 6.68. The Morgan fingerprint density at radius 3 is 2.63 bits per heavy atom. The van der Waals surface area contributed by atoms with Gasteiger partial charge in [-0.15, -0.1) is 0 Å². The molecule has 2 aromatic rings. The Bertz CT molecular complexity index is 1070. The quantitative estimate of drug-likeness (QED) is 0.708. The molecule has 0 spiro atoms. The van der Waals surface area contributed by atoms with E-state index in [1.54, 1.807) is 18.2 Å². The first kappa shape index (κ1) is 19.6. The molecule has 2 aliphatic rings. The molecule has 2 heterocycles. The molecule has 0 bridgehead atoms. The number of carbonyl (C=O) groups is 2. The number of rotatable bonds is 3. The number of nitrogens with one attached hydrogen (secondary N) is 3. The molecule has 0 fully saturated rings. The van der Waals surface area contributed by atoms with E-state index in [4.69, 9.17) is 9.47 Å². The van der Waals surface area contributed by atoms with Crippen LogP contribution in [0.2, 0.25) is 0 Å². The molecular formula is C20H16F3N3O4. The molecule has 0 saturated heterocycles. The number of hydrogen-bond donors (Lipinski definition) is 3. The highest BCUT2D eigenvalue weighted by atomic mass is 19.4. The Morgan fingerprint density at radius 2 is 1.87 bits per heavy atom. The van der Waals surface area contributed by atoms with Crippen LogP contribution in [0.5, 0.6) is 11.5 Å². The first-order chi connectivity index (χ1) is 14.2. The summed E-state index contributed by atoms with van der Waals surface area (Å²) in [6.45, 7) is 1.55. The van der Waals surface area contributed by atoms with Crippen LogP contribution in [0.25, 0.3) is 0 Å². The Labute approximate surface area is 168 Å². The van der Waals surface area contributed by atoms with Gasteiger partial charge in [-0.2, -0.15) is 13.2 Å². The Balaban J connectivity index is 1.69. The monoisotopic (exact) mass is 419 g/mol. The summed E-state index contributed by atoms with van der Waals surface area (Å²) in [6.07, 6.45) is -4.64. The van der Waals surface area contributed by atoms with E-state index in [1.807, 2.05) is 0 Å². The molecule has 3 N–H and O–H groups in total. The van der Waals surface area contributed by atoms with Crippen molar-refractivity contribution in [2.75, 3.05) is 12.1 Å². The Kier molecular flexibility index (Phi) is 4.76. The topological polar surface area (TPSA) is 88.7 Å². The molecule has 3 amide bonds. The van der Waals surface area contributed by atoms with Crippen molar-refractivity contribution in [1.29, 1.82) is 0 Å². The number of fused-ring (bicyclic) bond motifs is 1. The summed E-state index contributed by atoms with van der Waals surface area (Å²) >= 11 is 0. The largest absolute Gasteiger partial charge is 0.454 e. The number of alkyl halides is 3. The van der Waals surface area contributed by atoms with Crippen molar-refractivity contribution in [2.45, 2.75) is 19.1 Å². The molecule has 4 rings (SSSR count). The van der Waals surface area contributed by atoms with E-state index < -0.39 is 29.7 Å². The second kappa shape index (κ2) is 7.29. The van der Waals surface area contributed by atoms with Gasteiger partial charge in [0, 0.05) is 5.70 Å². The number of amides is 3. The minimum atomic E-state index is -4.64. The average Bonchev–Trinajstić information content (AvgIpc) is 3.14. The van der Waals surface area contributed by atoms with E-state index in [1.165, 1.54) is 25.1 Å². The van der Waals surface area contributed by atoms with E-state index in [0.717, 1.165) is 6.07 Å². The number of para-hydroxylation sites is 1. The number of hydrogen-bond acceptors (Lipinski definition) is 4. The molecular weight excluding hydrogens is 403 g/mol. The number of halogens is 3. The molecule has 0 aliphatic carbocycles. The van der Waals surface area contributed by atoms with Crippen molar-refractivity contribution < 1.29 is 32.2 Å². The van der Waals surface area contributed by atoms with Crippen molar-refractivity contribution in [3.63, 3.8) is 0 Å². The van der Waals surface area contributed by atoms with Gasteiger partial charge in [0.05, 0.1) is 22.9 Å². The molecule has 30 heavy (non-hydrogen) atoms. The van der Waals surface area contributed by atoms with E-state index in [-0.39, 0.29) is 23.8 Å². The lowest BCUT2D eigenvalue weighted by molar-refractivity contribution is -0.137. The zero-order valence-corrected chi connectivity index (χ0v) is 15.6.